The minimum absolute atomic E-state index is 0.530. The minimum atomic E-state index is -0.576. The molecule has 0 bridgehead atoms. The highest BCUT2D eigenvalue weighted by atomic mass is 16.6. The van der Waals surface area contributed by atoms with Crippen LogP contribution in [0.3, 0.4) is 0 Å². The Morgan fingerprint density at radius 3 is 2.78 bits per heavy atom. The average molecular weight is 250 g/mol. The van der Waals surface area contributed by atoms with Gasteiger partial charge in [-0.05, 0) is 52.0 Å². The van der Waals surface area contributed by atoms with Crippen LogP contribution in [-0.4, -0.2) is 17.4 Å². The molecule has 0 saturated heterocycles. The van der Waals surface area contributed by atoms with E-state index >= 15 is 0 Å². The molecule has 0 spiro atoms. The van der Waals surface area contributed by atoms with Gasteiger partial charge in [0.2, 0.25) is 0 Å². The molecule has 0 atom stereocenters. The number of rotatable bonds is 3. The van der Waals surface area contributed by atoms with Gasteiger partial charge in [0, 0.05) is 0 Å². The molecule has 0 radical (unpaired) electrons. The van der Waals surface area contributed by atoms with Crippen molar-refractivity contribution in [1.82, 2.24) is 5.43 Å². The Balaban J connectivity index is 2.45. The third-order valence-corrected chi connectivity index (χ3v) is 1.75. The minimum Gasteiger partial charge on any atom is -0.465 e. The molecular weight excluding hydrogens is 232 g/mol. The molecular formula is C13H18N2O3. The fourth-order valence-corrected chi connectivity index (χ4v) is 1.06. The van der Waals surface area contributed by atoms with Crippen LogP contribution in [0.25, 0.3) is 6.08 Å². The molecule has 0 saturated carbocycles. The molecule has 18 heavy (non-hydrogen) atoms. The predicted octanol–water partition coefficient (Wildman–Crippen LogP) is 3.19. The van der Waals surface area contributed by atoms with Crippen molar-refractivity contribution in [2.75, 3.05) is 0 Å². The summed E-state index contributed by atoms with van der Waals surface area (Å²) in [6.45, 7) is 7.14. The van der Waals surface area contributed by atoms with Crippen molar-refractivity contribution < 1.29 is 13.9 Å². The van der Waals surface area contributed by atoms with Crippen molar-refractivity contribution >= 4 is 17.9 Å². The van der Waals surface area contributed by atoms with Gasteiger partial charge < -0.3 is 9.15 Å². The highest BCUT2D eigenvalue weighted by molar-refractivity contribution is 5.96. The van der Waals surface area contributed by atoms with Crippen LogP contribution in [0.15, 0.2) is 34.0 Å². The summed E-state index contributed by atoms with van der Waals surface area (Å²) in [5.74, 6) is 0.724. The number of allylic oxidation sites excluding steroid dienone is 1. The molecule has 0 aliphatic carbocycles. The zero-order valence-corrected chi connectivity index (χ0v) is 11.1. The molecule has 5 nitrogen and oxygen atoms in total. The van der Waals surface area contributed by atoms with Gasteiger partial charge in [-0.15, -0.1) is 0 Å². The fraction of sp³-hybridized carbons (Fsp3) is 0.385. The maximum absolute atomic E-state index is 11.3. The van der Waals surface area contributed by atoms with Gasteiger partial charge in [0.25, 0.3) is 0 Å². The van der Waals surface area contributed by atoms with Crippen molar-refractivity contribution in [3.8, 4) is 0 Å². The Morgan fingerprint density at radius 1 is 1.50 bits per heavy atom. The Bertz CT molecular complexity index is 439. The first kappa shape index (κ1) is 14.0. The average Bonchev–Trinajstić information content (AvgIpc) is 2.74. The number of hydrogen-bond acceptors (Lipinski definition) is 4. The first-order chi connectivity index (χ1) is 8.37. The van der Waals surface area contributed by atoms with Gasteiger partial charge in [-0.25, -0.2) is 10.2 Å². The first-order valence-electron chi connectivity index (χ1n) is 5.62. The highest BCUT2D eigenvalue weighted by Gasteiger charge is 2.15. The van der Waals surface area contributed by atoms with E-state index in [0.29, 0.717) is 5.71 Å². The van der Waals surface area contributed by atoms with E-state index in [1.807, 2.05) is 6.07 Å². The molecule has 0 aliphatic heterocycles. The van der Waals surface area contributed by atoms with E-state index in [1.165, 1.54) is 0 Å². The highest BCUT2D eigenvalue weighted by Crippen LogP contribution is 2.06. The SMILES string of the molecule is CC(/C=C/c1ccco1)=N\NC(=O)OC(C)(C)C. The van der Waals surface area contributed by atoms with Crippen LogP contribution in [0.1, 0.15) is 33.5 Å². The summed E-state index contributed by atoms with van der Waals surface area (Å²) in [6, 6.07) is 3.62. The van der Waals surface area contributed by atoms with E-state index in [0.717, 1.165) is 5.76 Å². The Labute approximate surface area is 107 Å². The molecule has 1 aromatic rings. The predicted molar refractivity (Wildman–Crippen MR) is 70.2 cm³/mol. The number of furan rings is 1. The van der Waals surface area contributed by atoms with Gasteiger partial charge in [0.05, 0.1) is 12.0 Å². The monoisotopic (exact) mass is 250 g/mol. The molecule has 5 heteroatoms. The number of carbonyl (C=O) groups excluding carboxylic acids is 1. The number of ether oxygens (including phenoxy) is 1. The van der Waals surface area contributed by atoms with Crippen LogP contribution < -0.4 is 5.43 Å². The number of hydrazone groups is 1. The van der Waals surface area contributed by atoms with Crippen molar-refractivity contribution in [3.63, 3.8) is 0 Å². The van der Waals surface area contributed by atoms with Gasteiger partial charge >= 0.3 is 6.09 Å². The number of hydrogen-bond donors (Lipinski definition) is 1. The van der Waals surface area contributed by atoms with Gasteiger partial charge in [0.1, 0.15) is 11.4 Å². The second kappa shape index (κ2) is 6.05. The van der Waals surface area contributed by atoms with E-state index in [1.54, 1.807) is 52.2 Å². The quantitative estimate of drug-likeness (QED) is 0.661. The molecule has 1 amide bonds. The zero-order valence-electron chi connectivity index (χ0n) is 11.1. The molecule has 1 aromatic heterocycles. The van der Waals surface area contributed by atoms with Gasteiger partial charge in [-0.1, -0.05) is 0 Å². The number of amides is 1. The second-order valence-corrected chi connectivity index (χ2v) is 4.72. The molecule has 0 fully saturated rings. The molecule has 0 unspecified atom stereocenters. The number of nitrogens with one attached hydrogen (secondary N) is 1. The van der Waals surface area contributed by atoms with Crippen LogP contribution in [-0.2, 0) is 4.74 Å². The summed E-state index contributed by atoms with van der Waals surface area (Å²) in [4.78, 5) is 11.3. The molecule has 1 rings (SSSR count). The Kier molecular flexibility index (Phi) is 4.71. The fourth-order valence-electron chi connectivity index (χ4n) is 1.06. The van der Waals surface area contributed by atoms with E-state index in [2.05, 4.69) is 10.5 Å². The van der Waals surface area contributed by atoms with Crippen molar-refractivity contribution in [1.29, 1.82) is 0 Å². The van der Waals surface area contributed by atoms with Crippen LogP contribution >= 0.6 is 0 Å². The smallest absolute Gasteiger partial charge is 0.428 e. The second-order valence-electron chi connectivity index (χ2n) is 4.72. The van der Waals surface area contributed by atoms with Crippen molar-refractivity contribution in [2.45, 2.75) is 33.3 Å². The number of carbonyl (C=O) groups is 1. The molecule has 0 aromatic carbocycles. The molecule has 98 valence electrons. The lowest BCUT2D eigenvalue weighted by molar-refractivity contribution is 0.0529. The van der Waals surface area contributed by atoms with Crippen LogP contribution in [0.5, 0.6) is 0 Å². The van der Waals surface area contributed by atoms with Crippen LogP contribution in [0.2, 0.25) is 0 Å². The standard InChI is InChI=1S/C13H18N2O3/c1-10(7-8-11-6-5-9-17-11)14-15-12(16)18-13(2,3)4/h5-9H,1-4H3,(H,15,16)/b8-7+,14-10+. The zero-order chi connectivity index (χ0) is 13.6. The summed E-state index contributed by atoms with van der Waals surface area (Å²) in [7, 11) is 0. The third-order valence-electron chi connectivity index (χ3n) is 1.75. The van der Waals surface area contributed by atoms with E-state index < -0.39 is 11.7 Å². The first-order valence-corrected chi connectivity index (χ1v) is 5.62. The summed E-state index contributed by atoms with van der Waals surface area (Å²) in [6.07, 6.45) is 4.50. The lowest BCUT2D eigenvalue weighted by Crippen LogP contribution is -2.30. The largest absolute Gasteiger partial charge is 0.465 e. The van der Waals surface area contributed by atoms with Gasteiger partial charge in [0.15, 0.2) is 0 Å². The van der Waals surface area contributed by atoms with Crippen molar-refractivity contribution in [3.05, 3.63) is 30.2 Å². The lowest BCUT2D eigenvalue weighted by atomic mass is 10.2. The van der Waals surface area contributed by atoms with Crippen LogP contribution in [0, 0.1) is 0 Å². The topological polar surface area (TPSA) is 63.8 Å². The van der Waals surface area contributed by atoms with E-state index in [9.17, 15) is 4.79 Å². The molecule has 1 heterocycles. The summed E-state index contributed by atoms with van der Waals surface area (Å²) in [5, 5.41) is 3.87. The Hall–Kier alpha value is -2.04. The number of nitrogens with zero attached hydrogens (tertiary/aromatic N) is 1. The normalized spacial score (nSPS) is 12.8. The van der Waals surface area contributed by atoms with Crippen molar-refractivity contribution in [2.24, 2.45) is 5.10 Å². The molecule has 0 aliphatic rings. The summed E-state index contributed by atoms with van der Waals surface area (Å²) >= 11 is 0. The van der Waals surface area contributed by atoms with E-state index in [-0.39, 0.29) is 0 Å². The van der Waals surface area contributed by atoms with Gasteiger partial charge in [-0.2, -0.15) is 5.10 Å². The molecule has 1 N–H and O–H groups in total. The maximum Gasteiger partial charge on any atom is 0.428 e. The summed E-state index contributed by atoms with van der Waals surface area (Å²) < 4.78 is 10.2. The summed E-state index contributed by atoms with van der Waals surface area (Å²) in [5.41, 5.74) is 2.42. The van der Waals surface area contributed by atoms with Gasteiger partial charge in [-0.3, -0.25) is 0 Å². The third kappa shape index (κ3) is 5.89. The van der Waals surface area contributed by atoms with Crippen LogP contribution in [0.4, 0.5) is 4.79 Å². The maximum atomic E-state index is 11.3. The van der Waals surface area contributed by atoms with E-state index in [4.69, 9.17) is 9.15 Å². The lowest BCUT2D eigenvalue weighted by Gasteiger charge is -2.18. The Morgan fingerprint density at radius 2 is 2.22 bits per heavy atom.